The summed E-state index contributed by atoms with van der Waals surface area (Å²) in [6, 6.07) is 143. The van der Waals surface area contributed by atoms with E-state index in [-0.39, 0.29) is 17.4 Å². The van der Waals surface area contributed by atoms with Crippen LogP contribution in [0.25, 0.3) is 94.3 Å². The van der Waals surface area contributed by atoms with Crippen LogP contribution < -0.4 is 24.2 Å². The van der Waals surface area contributed by atoms with Crippen LogP contribution >= 0.6 is 0 Å². The van der Waals surface area contributed by atoms with Gasteiger partial charge >= 0.3 is 0 Å². The lowest BCUT2D eigenvalue weighted by Gasteiger charge is -2.29. The van der Waals surface area contributed by atoms with Crippen LogP contribution in [0.3, 0.4) is 0 Å². The number of fused-ring (bicyclic) bond motifs is 9. The molecule has 0 saturated carbocycles. The van der Waals surface area contributed by atoms with E-state index in [1.807, 2.05) is 24.3 Å². The number of nitrogens with zero attached hydrogens (tertiary/aromatic N) is 4. The fraction of sp³-hybridized carbons (Fsp3) is 0.188. The van der Waals surface area contributed by atoms with Gasteiger partial charge in [-0.2, -0.15) is 8.78 Å². The van der Waals surface area contributed by atoms with E-state index in [2.05, 4.69) is 452 Å². The number of rotatable bonds is 30. The lowest BCUT2D eigenvalue weighted by molar-refractivity contribution is 0.262. The van der Waals surface area contributed by atoms with Crippen LogP contribution in [0.15, 0.2) is 394 Å². The van der Waals surface area contributed by atoms with Gasteiger partial charge in [0.25, 0.3) is 0 Å². The first-order chi connectivity index (χ1) is 69.6. The maximum atomic E-state index is 14.9. The summed E-state index contributed by atoms with van der Waals surface area (Å²) in [5.41, 5.74) is 40.0. The Labute approximate surface area is 839 Å². The second-order valence-electron chi connectivity index (χ2n) is 39.7. The highest BCUT2D eigenvalue weighted by Crippen LogP contribution is 2.54. The highest BCUT2D eigenvalue weighted by molar-refractivity contribution is 6.11. The van der Waals surface area contributed by atoms with E-state index in [0.29, 0.717) is 31.6 Å². The fourth-order valence-corrected chi connectivity index (χ4v) is 21.6. The van der Waals surface area contributed by atoms with Crippen molar-refractivity contribution in [2.24, 2.45) is 0 Å². The first-order valence-corrected chi connectivity index (χ1v) is 50.6. The average Bonchev–Trinajstić information content (AvgIpc) is 1.58. The molecule has 6 nitrogen and oxygen atoms in total. The molecule has 0 aliphatic heterocycles. The van der Waals surface area contributed by atoms with Gasteiger partial charge in [0.2, 0.25) is 11.6 Å². The first kappa shape index (κ1) is 95.0. The summed E-state index contributed by atoms with van der Waals surface area (Å²) in [6.45, 7) is 24.4. The van der Waals surface area contributed by atoms with Crippen LogP contribution in [-0.2, 0) is 23.7 Å². The molecule has 712 valence electrons. The Morgan fingerprint density at radius 3 is 1.11 bits per heavy atom. The fourth-order valence-electron chi connectivity index (χ4n) is 21.6. The summed E-state index contributed by atoms with van der Waals surface area (Å²) in [5, 5.41) is 2.21. The topological polar surface area (TPSA) is 33.1 Å². The van der Waals surface area contributed by atoms with E-state index in [1.54, 1.807) is 6.92 Å². The van der Waals surface area contributed by atoms with Gasteiger partial charge in [-0.3, -0.25) is 0 Å². The molecule has 2 unspecified atom stereocenters. The van der Waals surface area contributed by atoms with Gasteiger partial charge in [0, 0.05) is 78.4 Å². The molecule has 10 heteroatoms. The zero-order valence-electron chi connectivity index (χ0n) is 83.4. The molecule has 143 heavy (non-hydrogen) atoms. The molecule has 0 radical (unpaired) electrons. The molecular weight excluding hydrogens is 1760 g/mol. The lowest BCUT2D eigenvalue weighted by atomic mass is 9.82. The number of benzene rings is 18. The van der Waals surface area contributed by atoms with E-state index >= 15 is 0 Å². The van der Waals surface area contributed by atoms with Crippen LogP contribution in [0.5, 0.6) is 11.5 Å². The Kier molecular flexibility index (Phi) is 27.2. The molecule has 18 aromatic carbocycles. The van der Waals surface area contributed by atoms with Crippen LogP contribution in [0, 0.1) is 44.0 Å². The van der Waals surface area contributed by atoms with Crippen molar-refractivity contribution in [2.45, 2.75) is 150 Å². The molecule has 0 saturated heterocycles. The van der Waals surface area contributed by atoms with Crippen molar-refractivity contribution >= 4 is 73.0 Å². The van der Waals surface area contributed by atoms with Crippen molar-refractivity contribution in [3.05, 3.63) is 479 Å². The number of aromatic nitrogens is 1. The van der Waals surface area contributed by atoms with Crippen LogP contribution in [-0.4, -0.2) is 17.8 Å². The third kappa shape index (κ3) is 19.1. The molecule has 0 fully saturated rings. The molecular formula is C133H120F4N4O2. The number of hydrogen-bond donors (Lipinski definition) is 0. The van der Waals surface area contributed by atoms with Crippen LogP contribution in [0.4, 0.5) is 68.7 Å². The van der Waals surface area contributed by atoms with Crippen molar-refractivity contribution in [3.63, 3.8) is 0 Å². The maximum Gasteiger partial charge on any atom is 0.204 e. The van der Waals surface area contributed by atoms with Crippen LogP contribution in [0.1, 0.15) is 167 Å². The number of ether oxygens (including phenoxy) is 2. The SMILES string of the molecule is CCC(C)c1c(F)c(F)c(OCCCCc2ccc3c(c2)c2cc(-c4ccc(N(c5ccc(-c6ccccc6)cc5)c5ccc6c(c5)C(C)(C)c5ccccc5-6)cc4)ccc2n3-c2ccccc2)c(F)c1F.CCC(C)c1ccc(OCCCCc2ccc(N(c3ccc(-c4ccc(N(c5ccc(-c6ccccc6)cc5)c5ccc6c(c5)C(C)(C)c5ccccc5-6)cc4)cc3)c3c(C)cc(C)cc3C)cc2)cc1. The molecule has 19 aromatic rings. The highest BCUT2D eigenvalue weighted by atomic mass is 19.2. The summed E-state index contributed by atoms with van der Waals surface area (Å²) >= 11 is 0. The second kappa shape index (κ2) is 41.0. The largest absolute Gasteiger partial charge is 0.494 e. The van der Waals surface area contributed by atoms with Crippen molar-refractivity contribution in [1.29, 1.82) is 0 Å². The minimum atomic E-state index is -1.49. The summed E-state index contributed by atoms with van der Waals surface area (Å²) in [5.74, 6) is -5.91. The molecule has 0 spiro atoms. The quantitative estimate of drug-likeness (QED) is 0.0255. The minimum absolute atomic E-state index is 0.0916. The molecule has 2 aliphatic carbocycles. The smallest absolute Gasteiger partial charge is 0.204 e. The summed E-state index contributed by atoms with van der Waals surface area (Å²) in [6.07, 6.45) is 6.31. The van der Waals surface area contributed by atoms with Crippen molar-refractivity contribution < 1.29 is 27.0 Å². The van der Waals surface area contributed by atoms with Gasteiger partial charge in [-0.25, -0.2) is 8.78 Å². The Bertz CT molecular complexity index is 7740. The van der Waals surface area contributed by atoms with Gasteiger partial charge in [0.05, 0.1) is 29.9 Å². The van der Waals surface area contributed by atoms with Crippen molar-refractivity contribution in [3.8, 4) is 83.9 Å². The van der Waals surface area contributed by atoms with E-state index < -0.39 is 40.5 Å². The van der Waals surface area contributed by atoms with Crippen molar-refractivity contribution in [1.82, 2.24) is 4.57 Å². The van der Waals surface area contributed by atoms with Gasteiger partial charge in [-0.1, -0.05) is 310 Å². The van der Waals surface area contributed by atoms with Gasteiger partial charge < -0.3 is 28.7 Å². The lowest BCUT2D eigenvalue weighted by Crippen LogP contribution is -2.16. The zero-order valence-corrected chi connectivity index (χ0v) is 83.4. The predicted molar refractivity (Wildman–Crippen MR) is 589 cm³/mol. The average molecular weight is 1880 g/mol. The van der Waals surface area contributed by atoms with Gasteiger partial charge in [-0.05, 0) is 346 Å². The number of unbranched alkanes of at least 4 members (excludes halogenated alkanes) is 2. The molecule has 2 atom stereocenters. The van der Waals surface area contributed by atoms with Crippen molar-refractivity contribution in [2.75, 3.05) is 27.9 Å². The molecule has 2 aliphatic rings. The Balaban J connectivity index is 0.000000175. The summed E-state index contributed by atoms with van der Waals surface area (Å²) in [4.78, 5) is 7.18. The molecule has 1 heterocycles. The Morgan fingerprint density at radius 1 is 0.301 bits per heavy atom. The minimum Gasteiger partial charge on any atom is -0.494 e. The third-order valence-electron chi connectivity index (χ3n) is 29.7. The molecule has 21 rings (SSSR count). The normalized spacial score (nSPS) is 12.9. The third-order valence-corrected chi connectivity index (χ3v) is 29.7. The predicted octanol–water partition coefficient (Wildman–Crippen LogP) is 37.5. The number of anilines is 9. The van der Waals surface area contributed by atoms with E-state index in [0.717, 1.165) is 133 Å². The standard InChI is InChI=1S/C68H66N2O.C65H54F4N2O/c1-8-48(3)52-29-40-62(41-30-52)71-43-15-14-16-51-21-31-59(32-22-51)70(67-49(4)44-47(2)45-50(67)5)60-37-27-56(28-38-60)55-25-35-58(36-26-55)69(57-33-23-54(24-34-57)53-17-10-9-11-18-53)61-39-42-64-63-19-12-13-20-65(63)68(6,7)66(64)46-61;1-5-41(2)59-60(66)62(68)64(63(69)61(59)67)72-37-15-14-16-42-23-35-57-53(38-42)54-39-46(28-36-58(54)71(57)47-19-10-7-11-20-47)45-26-31-49(32-27-45)70(48-29-24-44(25-30-48)43-17-8-6-9-18-43)50-33-34-52-51-21-12-13-22-55(51)65(3,4)56(52)40-50/h9-13,17-42,44-46,48H,8,14-16,43H2,1-7H3;6-13,17-36,38-41H,5,14-16,37H2,1-4H3. The summed E-state index contributed by atoms with van der Waals surface area (Å²) in [7, 11) is 0. The monoisotopic (exact) mass is 1880 g/mol. The number of aryl methyl sites for hydroxylation is 5. The summed E-state index contributed by atoms with van der Waals surface area (Å²) < 4.78 is 73.3. The second-order valence-corrected chi connectivity index (χ2v) is 39.7. The Hall–Kier alpha value is -15.5. The van der Waals surface area contributed by atoms with Crippen LogP contribution in [0.2, 0.25) is 0 Å². The Morgan fingerprint density at radius 2 is 0.657 bits per heavy atom. The number of para-hydroxylation sites is 1. The first-order valence-electron chi connectivity index (χ1n) is 50.6. The van der Waals surface area contributed by atoms with Gasteiger partial charge in [-0.15, -0.1) is 0 Å². The molecule has 0 N–H and O–H groups in total. The molecule has 1 aromatic heterocycles. The zero-order chi connectivity index (χ0) is 98.7. The van der Waals surface area contributed by atoms with E-state index in [9.17, 15) is 17.6 Å². The van der Waals surface area contributed by atoms with Gasteiger partial charge in [0.15, 0.2) is 17.4 Å². The van der Waals surface area contributed by atoms with Gasteiger partial charge in [0.1, 0.15) is 5.75 Å². The highest BCUT2D eigenvalue weighted by Gasteiger charge is 2.39. The maximum absolute atomic E-state index is 14.9. The van der Waals surface area contributed by atoms with E-state index in [4.69, 9.17) is 9.47 Å². The molecule has 0 bridgehead atoms. The molecule has 0 amide bonds. The number of hydrogen-bond acceptors (Lipinski definition) is 5. The number of halogens is 4. The van der Waals surface area contributed by atoms with E-state index in [1.165, 1.54) is 113 Å².